The molecule has 3 N–H and O–H groups in total. The molecule has 108 valence electrons. The molecule has 0 radical (unpaired) electrons. The Labute approximate surface area is 115 Å². The van der Waals surface area contributed by atoms with Gasteiger partial charge >= 0.3 is 0 Å². The van der Waals surface area contributed by atoms with Gasteiger partial charge in [0, 0.05) is 18.8 Å². The first-order valence-corrected chi connectivity index (χ1v) is 7.66. The second kappa shape index (κ2) is 5.90. The van der Waals surface area contributed by atoms with Crippen LogP contribution in [0, 0.1) is 6.92 Å². The average molecular weight is 286 g/mol. The standard InChI is InChI=1S/C13H22N2O3S/c1-5-18-13(3,4)9-15-19(16,17)11-7-6-10(2)12(14)8-11/h6-8,15H,5,9,14H2,1-4H3. The van der Waals surface area contributed by atoms with Gasteiger partial charge in [0.15, 0.2) is 0 Å². The van der Waals surface area contributed by atoms with Crippen LogP contribution in [0.5, 0.6) is 0 Å². The lowest BCUT2D eigenvalue weighted by atomic mass is 10.1. The van der Waals surface area contributed by atoms with E-state index in [1.165, 1.54) is 6.07 Å². The minimum atomic E-state index is -3.56. The Morgan fingerprint density at radius 3 is 2.53 bits per heavy atom. The zero-order chi connectivity index (χ0) is 14.7. The molecule has 0 unspecified atom stereocenters. The Morgan fingerprint density at radius 2 is 2.00 bits per heavy atom. The van der Waals surface area contributed by atoms with Gasteiger partial charge in [-0.3, -0.25) is 0 Å². The molecule has 0 bridgehead atoms. The summed E-state index contributed by atoms with van der Waals surface area (Å²) in [4.78, 5) is 0.169. The van der Waals surface area contributed by atoms with E-state index in [9.17, 15) is 8.42 Å². The van der Waals surface area contributed by atoms with Crippen LogP contribution in [0.25, 0.3) is 0 Å². The molecule has 6 heteroatoms. The Morgan fingerprint density at radius 1 is 1.37 bits per heavy atom. The zero-order valence-electron chi connectivity index (χ0n) is 11.9. The summed E-state index contributed by atoms with van der Waals surface area (Å²) in [5.41, 5.74) is 6.51. The van der Waals surface area contributed by atoms with Crippen molar-refractivity contribution in [3.63, 3.8) is 0 Å². The highest BCUT2D eigenvalue weighted by Gasteiger charge is 2.22. The third kappa shape index (κ3) is 4.49. The minimum absolute atomic E-state index is 0.169. The normalized spacial score (nSPS) is 12.6. The van der Waals surface area contributed by atoms with E-state index in [1.807, 2.05) is 27.7 Å². The van der Waals surface area contributed by atoms with Crippen molar-refractivity contribution in [2.45, 2.75) is 38.2 Å². The molecule has 0 fully saturated rings. The van der Waals surface area contributed by atoms with Gasteiger partial charge in [0.05, 0.1) is 10.5 Å². The molecule has 0 saturated carbocycles. The molecule has 0 aromatic heterocycles. The maximum atomic E-state index is 12.1. The van der Waals surface area contributed by atoms with Crippen molar-refractivity contribution >= 4 is 15.7 Å². The highest BCUT2D eigenvalue weighted by atomic mass is 32.2. The Balaban J connectivity index is 2.84. The van der Waals surface area contributed by atoms with Crippen LogP contribution in [0.2, 0.25) is 0 Å². The fourth-order valence-corrected chi connectivity index (χ4v) is 2.81. The fraction of sp³-hybridized carbons (Fsp3) is 0.538. The molecule has 0 heterocycles. The van der Waals surface area contributed by atoms with E-state index in [1.54, 1.807) is 12.1 Å². The summed E-state index contributed by atoms with van der Waals surface area (Å²) in [7, 11) is -3.56. The third-order valence-electron chi connectivity index (χ3n) is 2.78. The molecule has 0 saturated heterocycles. The highest BCUT2D eigenvalue weighted by molar-refractivity contribution is 7.89. The Kier molecular flexibility index (Phi) is 4.95. The lowest BCUT2D eigenvalue weighted by Gasteiger charge is -2.24. The summed E-state index contributed by atoms with van der Waals surface area (Å²) in [6, 6.07) is 4.70. The van der Waals surface area contributed by atoms with E-state index >= 15 is 0 Å². The summed E-state index contributed by atoms with van der Waals surface area (Å²) in [6.45, 7) is 8.11. The van der Waals surface area contributed by atoms with Gasteiger partial charge in [0.2, 0.25) is 10.0 Å². The van der Waals surface area contributed by atoms with Crippen molar-refractivity contribution in [2.24, 2.45) is 0 Å². The molecule has 19 heavy (non-hydrogen) atoms. The smallest absolute Gasteiger partial charge is 0.240 e. The lowest BCUT2D eigenvalue weighted by Crippen LogP contribution is -2.40. The molecule has 0 aliphatic carbocycles. The molecule has 1 aromatic carbocycles. The average Bonchev–Trinajstić information content (AvgIpc) is 2.30. The van der Waals surface area contributed by atoms with Crippen molar-refractivity contribution in [1.82, 2.24) is 4.72 Å². The van der Waals surface area contributed by atoms with Gasteiger partial charge in [-0.2, -0.15) is 0 Å². The number of nitrogens with two attached hydrogens (primary N) is 1. The van der Waals surface area contributed by atoms with E-state index in [-0.39, 0.29) is 11.4 Å². The van der Waals surface area contributed by atoms with Crippen LogP contribution in [-0.4, -0.2) is 27.2 Å². The maximum absolute atomic E-state index is 12.1. The van der Waals surface area contributed by atoms with E-state index < -0.39 is 15.6 Å². The van der Waals surface area contributed by atoms with Gasteiger partial charge in [0.25, 0.3) is 0 Å². The fourth-order valence-electron chi connectivity index (χ4n) is 1.58. The number of nitrogen functional groups attached to an aromatic ring is 1. The highest BCUT2D eigenvalue weighted by Crippen LogP contribution is 2.17. The molecule has 5 nitrogen and oxygen atoms in total. The summed E-state index contributed by atoms with van der Waals surface area (Å²) in [5.74, 6) is 0. The molecular formula is C13H22N2O3S. The number of nitrogens with one attached hydrogen (secondary N) is 1. The van der Waals surface area contributed by atoms with E-state index in [2.05, 4.69) is 4.72 Å². The lowest BCUT2D eigenvalue weighted by molar-refractivity contribution is -0.00514. The first-order valence-electron chi connectivity index (χ1n) is 6.18. The molecule has 0 spiro atoms. The predicted octanol–water partition coefficient (Wildman–Crippen LogP) is 1.67. The van der Waals surface area contributed by atoms with Crippen LogP contribution in [0.1, 0.15) is 26.3 Å². The van der Waals surface area contributed by atoms with Crippen molar-refractivity contribution in [3.05, 3.63) is 23.8 Å². The van der Waals surface area contributed by atoms with Gasteiger partial charge in [-0.25, -0.2) is 13.1 Å². The molecular weight excluding hydrogens is 264 g/mol. The summed E-state index contributed by atoms with van der Waals surface area (Å²) in [5, 5.41) is 0. The maximum Gasteiger partial charge on any atom is 0.240 e. The van der Waals surface area contributed by atoms with Crippen LogP contribution in [0.15, 0.2) is 23.1 Å². The molecule has 0 aliphatic heterocycles. The SMILES string of the molecule is CCOC(C)(C)CNS(=O)(=O)c1ccc(C)c(N)c1. The number of hydrogen-bond acceptors (Lipinski definition) is 4. The number of aryl methyl sites for hydroxylation is 1. The van der Waals surface area contributed by atoms with Crippen molar-refractivity contribution < 1.29 is 13.2 Å². The summed E-state index contributed by atoms with van der Waals surface area (Å²) < 4.78 is 32.2. The first kappa shape index (κ1) is 15.9. The second-order valence-corrected chi connectivity index (χ2v) is 6.80. The summed E-state index contributed by atoms with van der Waals surface area (Å²) >= 11 is 0. The van der Waals surface area contributed by atoms with Crippen molar-refractivity contribution in [1.29, 1.82) is 0 Å². The van der Waals surface area contributed by atoms with Gasteiger partial charge in [0.1, 0.15) is 0 Å². The van der Waals surface area contributed by atoms with Crippen molar-refractivity contribution in [2.75, 3.05) is 18.9 Å². The molecule has 0 aliphatic rings. The third-order valence-corrected chi connectivity index (χ3v) is 4.18. The molecule has 0 amide bonds. The molecule has 1 rings (SSSR count). The van der Waals surface area contributed by atoms with Gasteiger partial charge < -0.3 is 10.5 Å². The second-order valence-electron chi connectivity index (χ2n) is 5.04. The van der Waals surface area contributed by atoms with E-state index in [0.29, 0.717) is 12.3 Å². The molecule has 1 aromatic rings. The first-order chi connectivity index (χ1) is 8.68. The molecule has 0 atom stereocenters. The summed E-state index contributed by atoms with van der Waals surface area (Å²) in [6.07, 6.45) is 0. The quantitative estimate of drug-likeness (QED) is 0.779. The Bertz CT molecular complexity index is 539. The zero-order valence-corrected chi connectivity index (χ0v) is 12.7. The van der Waals surface area contributed by atoms with Crippen LogP contribution in [-0.2, 0) is 14.8 Å². The monoisotopic (exact) mass is 286 g/mol. The largest absolute Gasteiger partial charge is 0.398 e. The number of ether oxygens (including phenoxy) is 1. The van der Waals surface area contributed by atoms with Gasteiger partial charge in [-0.1, -0.05) is 6.07 Å². The van der Waals surface area contributed by atoms with Crippen LogP contribution in [0.3, 0.4) is 0 Å². The van der Waals surface area contributed by atoms with E-state index in [0.717, 1.165) is 5.56 Å². The predicted molar refractivity (Wildman–Crippen MR) is 76.5 cm³/mol. The van der Waals surface area contributed by atoms with Crippen LogP contribution < -0.4 is 10.5 Å². The number of benzene rings is 1. The number of anilines is 1. The van der Waals surface area contributed by atoms with Gasteiger partial charge in [-0.15, -0.1) is 0 Å². The topological polar surface area (TPSA) is 81.4 Å². The minimum Gasteiger partial charge on any atom is -0.398 e. The number of rotatable bonds is 6. The van der Waals surface area contributed by atoms with Crippen LogP contribution >= 0.6 is 0 Å². The number of sulfonamides is 1. The Hall–Kier alpha value is -1.11. The van der Waals surface area contributed by atoms with Crippen molar-refractivity contribution in [3.8, 4) is 0 Å². The number of hydrogen-bond donors (Lipinski definition) is 2. The van der Waals surface area contributed by atoms with E-state index in [4.69, 9.17) is 10.5 Å². The van der Waals surface area contributed by atoms with Crippen LogP contribution in [0.4, 0.5) is 5.69 Å². The van der Waals surface area contributed by atoms with Gasteiger partial charge in [-0.05, 0) is 45.4 Å².